The van der Waals surface area contributed by atoms with Crippen LogP contribution in [0.3, 0.4) is 0 Å². The van der Waals surface area contributed by atoms with E-state index >= 15 is 0 Å². The van der Waals surface area contributed by atoms with Crippen LogP contribution in [0.15, 0.2) is 36.4 Å². The minimum atomic E-state index is -4.52. The van der Waals surface area contributed by atoms with E-state index < -0.39 is 11.9 Å². The first kappa shape index (κ1) is 20.3. The minimum absolute atomic E-state index is 0.0397. The number of halogens is 4. The Kier molecular flexibility index (Phi) is 4.73. The summed E-state index contributed by atoms with van der Waals surface area (Å²) in [5, 5.41) is 4.88. The van der Waals surface area contributed by atoms with Crippen LogP contribution in [0.1, 0.15) is 47.3 Å². The van der Waals surface area contributed by atoms with Crippen molar-refractivity contribution in [1.29, 1.82) is 0 Å². The predicted molar refractivity (Wildman–Crippen MR) is 109 cm³/mol. The molecule has 1 aromatic carbocycles. The van der Waals surface area contributed by atoms with Crippen LogP contribution < -0.4 is 0 Å². The summed E-state index contributed by atoms with van der Waals surface area (Å²) in [5.74, 6) is 0.179. The van der Waals surface area contributed by atoms with Gasteiger partial charge in [0.05, 0.1) is 5.69 Å². The lowest BCUT2D eigenvalue weighted by Gasteiger charge is -2.16. The van der Waals surface area contributed by atoms with Gasteiger partial charge in [0.25, 0.3) is 0 Å². The van der Waals surface area contributed by atoms with Crippen LogP contribution in [0.5, 0.6) is 0 Å². The van der Waals surface area contributed by atoms with Crippen LogP contribution in [0, 0.1) is 12.8 Å². The number of likely N-dealkylation sites (tertiary alicyclic amines) is 1. The van der Waals surface area contributed by atoms with Gasteiger partial charge in [0.15, 0.2) is 5.65 Å². The van der Waals surface area contributed by atoms with Crippen molar-refractivity contribution in [3.8, 4) is 0 Å². The molecule has 0 radical (unpaired) electrons. The lowest BCUT2D eigenvalue weighted by molar-refractivity contribution is -0.142. The molecule has 1 amide bonds. The second-order valence-corrected chi connectivity index (χ2v) is 8.83. The maximum atomic E-state index is 13.4. The molecular weight excluding hydrogens is 429 g/mol. The van der Waals surface area contributed by atoms with Crippen molar-refractivity contribution in [3.05, 3.63) is 64.1 Å². The standard InChI is InChI=1S/C22H20ClF3N4O/c1-12-8-19(22(24,25)26)30-20(27-12)10-18(28-30)14-6-7-29(11-14)21(31)17-9-16(17)13-2-4-15(23)5-3-13/h2-5,8,10,14,16-17H,6-7,9,11H2,1H3/t14-,16-,17+/m1/s1. The maximum absolute atomic E-state index is 13.4. The Balaban J connectivity index is 1.31. The summed E-state index contributed by atoms with van der Waals surface area (Å²) in [4.78, 5) is 19.0. The highest BCUT2D eigenvalue weighted by atomic mass is 35.5. The highest BCUT2D eigenvalue weighted by Crippen LogP contribution is 2.49. The molecule has 0 N–H and O–H groups in total. The molecule has 2 aliphatic rings. The van der Waals surface area contributed by atoms with Gasteiger partial charge in [-0.2, -0.15) is 18.3 Å². The van der Waals surface area contributed by atoms with Crippen LogP contribution in [0.4, 0.5) is 13.2 Å². The zero-order chi connectivity index (χ0) is 21.9. The highest BCUT2D eigenvalue weighted by molar-refractivity contribution is 6.30. The van der Waals surface area contributed by atoms with Gasteiger partial charge in [0.2, 0.25) is 5.91 Å². The Hall–Kier alpha value is -2.61. The van der Waals surface area contributed by atoms with Crippen LogP contribution in [-0.2, 0) is 11.0 Å². The molecule has 3 heterocycles. The molecule has 2 aromatic heterocycles. The first-order valence-corrected chi connectivity index (χ1v) is 10.6. The van der Waals surface area contributed by atoms with Gasteiger partial charge in [0, 0.05) is 41.7 Å². The third kappa shape index (κ3) is 3.78. The molecule has 1 aliphatic heterocycles. The van der Waals surface area contributed by atoms with Crippen LogP contribution in [0.25, 0.3) is 5.65 Å². The summed E-state index contributed by atoms with van der Waals surface area (Å²) in [7, 11) is 0. The molecule has 5 nitrogen and oxygen atoms in total. The fourth-order valence-corrected chi connectivity index (χ4v) is 4.63. The third-order valence-electron chi connectivity index (χ3n) is 6.19. The number of amides is 1. The lowest BCUT2D eigenvalue weighted by atomic mass is 10.1. The van der Waals surface area contributed by atoms with Gasteiger partial charge in [-0.25, -0.2) is 9.50 Å². The minimum Gasteiger partial charge on any atom is -0.342 e. The molecule has 9 heteroatoms. The highest BCUT2D eigenvalue weighted by Gasteiger charge is 2.47. The summed E-state index contributed by atoms with van der Waals surface area (Å²) in [6.07, 6.45) is -3.03. The van der Waals surface area contributed by atoms with E-state index in [0.717, 1.165) is 22.6 Å². The number of rotatable bonds is 3. The summed E-state index contributed by atoms with van der Waals surface area (Å²) < 4.78 is 41.1. The first-order chi connectivity index (χ1) is 14.7. The third-order valence-corrected chi connectivity index (χ3v) is 6.44. The molecule has 2 fully saturated rings. The van der Waals surface area contributed by atoms with E-state index in [1.165, 1.54) is 6.92 Å². The van der Waals surface area contributed by atoms with Gasteiger partial charge in [-0.15, -0.1) is 0 Å². The van der Waals surface area contributed by atoms with Crippen molar-refractivity contribution in [1.82, 2.24) is 19.5 Å². The smallest absolute Gasteiger partial charge is 0.342 e. The molecule has 5 rings (SSSR count). The zero-order valence-corrected chi connectivity index (χ0v) is 17.5. The van der Waals surface area contributed by atoms with Crippen LogP contribution >= 0.6 is 11.6 Å². The Bertz CT molecular complexity index is 1160. The van der Waals surface area contributed by atoms with Gasteiger partial charge in [-0.1, -0.05) is 23.7 Å². The molecule has 1 saturated carbocycles. The average molecular weight is 449 g/mol. The number of hydrogen-bond donors (Lipinski definition) is 0. The van der Waals surface area contributed by atoms with Gasteiger partial charge >= 0.3 is 6.18 Å². The van der Waals surface area contributed by atoms with Crippen molar-refractivity contribution in [2.75, 3.05) is 13.1 Å². The topological polar surface area (TPSA) is 50.5 Å². The summed E-state index contributed by atoms with van der Waals surface area (Å²) in [6, 6.07) is 10.2. The second-order valence-electron chi connectivity index (χ2n) is 8.39. The predicted octanol–water partition coefficient (Wildman–Crippen LogP) is 4.83. The first-order valence-electron chi connectivity index (χ1n) is 10.2. The van der Waals surface area contributed by atoms with Gasteiger partial charge in [-0.3, -0.25) is 4.79 Å². The quantitative estimate of drug-likeness (QED) is 0.576. The van der Waals surface area contributed by atoms with Gasteiger partial charge < -0.3 is 4.90 Å². The maximum Gasteiger partial charge on any atom is 0.433 e. The summed E-state index contributed by atoms with van der Waals surface area (Å²) in [6.45, 7) is 2.58. The largest absolute Gasteiger partial charge is 0.433 e. The molecule has 31 heavy (non-hydrogen) atoms. The Morgan fingerprint density at radius 3 is 2.65 bits per heavy atom. The Morgan fingerprint density at radius 1 is 1.19 bits per heavy atom. The van der Waals surface area contributed by atoms with Crippen LogP contribution in [0.2, 0.25) is 5.02 Å². The number of aryl methyl sites for hydroxylation is 1. The number of hydrogen-bond acceptors (Lipinski definition) is 3. The van der Waals surface area contributed by atoms with E-state index in [1.807, 2.05) is 29.2 Å². The molecule has 0 bridgehead atoms. The van der Waals surface area contributed by atoms with Crippen molar-refractivity contribution in [3.63, 3.8) is 0 Å². The number of aromatic nitrogens is 3. The molecule has 1 saturated heterocycles. The summed E-state index contributed by atoms with van der Waals surface area (Å²) >= 11 is 5.94. The Morgan fingerprint density at radius 2 is 1.94 bits per heavy atom. The molecule has 3 atom stereocenters. The lowest BCUT2D eigenvalue weighted by Crippen LogP contribution is -2.30. The van der Waals surface area contributed by atoms with E-state index in [-0.39, 0.29) is 35.0 Å². The van der Waals surface area contributed by atoms with E-state index in [4.69, 9.17) is 11.6 Å². The molecular formula is C22H20ClF3N4O. The summed E-state index contributed by atoms with van der Waals surface area (Å²) in [5.41, 5.74) is 1.29. The Labute approximate surface area is 181 Å². The number of nitrogens with zero attached hydrogens (tertiary/aromatic N) is 4. The SMILES string of the molecule is Cc1cc(C(F)(F)F)n2nc([C@@H]3CCN(C(=O)[C@H]4C[C@@H]4c4ccc(Cl)cc4)C3)cc2n1. The van der Waals surface area contributed by atoms with E-state index in [9.17, 15) is 18.0 Å². The van der Waals surface area contributed by atoms with Gasteiger partial charge in [-0.05, 0) is 49.4 Å². The van der Waals surface area contributed by atoms with E-state index in [0.29, 0.717) is 30.2 Å². The van der Waals surface area contributed by atoms with E-state index in [2.05, 4.69) is 10.1 Å². The molecule has 162 valence electrons. The van der Waals surface area contributed by atoms with Crippen molar-refractivity contribution in [2.24, 2.45) is 5.92 Å². The number of alkyl halides is 3. The zero-order valence-electron chi connectivity index (χ0n) is 16.7. The second kappa shape index (κ2) is 7.22. The van der Waals surface area contributed by atoms with Crippen molar-refractivity contribution in [2.45, 2.75) is 37.8 Å². The normalized spacial score (nSPS) is 23.5. The van der Waals surface area contributed by atoms with Gasteiger partial charge in [0.1, 0.15) is 5.69 Å². The number of carbonyl (C=O) groups is 1. The molecule has 3 aromatic rings. The molecule has 1 aliphatic carbocycles. The van der Waals surface area contributed by atoms with Crippen molar-refractivity contribution < 1.29 is 18.0 Å². The number of fused-ring (bicyclic) bond motifs is 1. The molecule has 0 unspecified atom stereocenters. The van der Waals surface area contributed by atoms with Crippen molar-refractivity contribution >= 4 is 23.2 Å². The number of carbonyl (C=O) groups excluding carboxylic acids is 1. The monoisotopic (exact) mass is 448 g/mol. The average Bonchev–Trinajstić information content (AvgIpc) is 3.15. The van der Waals surface area contributed by atoms with Crippen LogP contribution in [-0.4, -0.2) is 38.5 Å². The van der Waals surface area contributed by atoms with E-state index in [1.54, 1.807) is 6.07 Å². The fraction of sp³-hybridized carbons (Fsp3) is 0.409. The fourth-order valence-electron chi connectivity index (χ4n) is 4.50. The number of benzene rings is 1. The molecule has 0 spiro atoms.